The fourth-order valence-electron chi connectivity index (χ4n) is 1.45. The Bertz CT molecular complexity index is 310. The van der Waals surface area contributed by atoms with Gasteiger partial charge in [0.15, 0.2) is 0 Å². The predicted octanol–water partition coefficient (Wildman–Crippen LogP) is 0.969. The van der Waals surface area contributed by atoms with Gasteiger partial charge in [-0.2, -0.15) is 0 Å². The standard InChI is InChI=1S/C10H12N2O/c1-8-10(13)12(7-11-8)9-5-3-2-4-6-9/h2-6,8,11H,7H2,1H3. The summed E-state index contributed by atoms with van der Waals surface area (Å²) in [5.74, 6) is 0.145. The Balaban J connectivity index is 2.24. The molecule has 0 bridgehead atoms. The molecule has 1 aliphatic heterocycles. The summed E-state index contributed by atoms with van der Waals surface area (Å²) in [6.45, 7) is 2.50. The molecule has 1 amide bonds. The van der Waals surface area contributed by atoms with Crippen LogP contribution in [0.1, 0.15) is 6.92 Å². The van der Waals surface area contributed by atoms with Crippen LogP contribution in [0.25, 0.3) is 0 Å². The lowest BCUT2D eigenvalue weighted by Gasteiger charge is -2.14. The first-order chi connectivity index (χ1) is 6.29. The zero-order chi connectivity index (χ0) is 9.26. The van der Waals surface area contributed by atoms with E-state index in [1.165, 1.54) is 0 Å². The maximum atomic E-state index is 11.6. The van der Waals surface area contributed by atoms with Crippen molar-refractivity contribution in [2.75, 3.05) is 11.6 Å². The second-order valence-electron chi connectivity index (χ2n) is 3.19. The largest absolute Gasteiger partial charge is 0.298 e. The molecule has 1 fully saturated rings. The highest BCUT2D eigenvalue weighted by atomic mass is 16.2. The molecule has 0 aromatic heterocycles. The third kappa shape index (κ3) is 1.42. The van der Waals surface area contributed by atoms with Crippen molar-refractivity contribution >= 4 is 11.6 Å². The van der Waals surface area contributed by atoms with Gasteiger partial charge in [0.2, 0.25) is 5.91 Å². The van der Waals surface area contributed by atoms with E-state index in [4.69, 9.17) is 0 Å². The predicted molar refractivity (Wildman–Crippen MR) is 51.4 cm³/mol. The number of amides is 1. The number of benzene rings is 1. The van der Waals surface area contributed by atoms with Gasteiger partial charge >= 0.3 is 0 Å². The lowest BCUT2D eigenvalue weighted by molar-refractivity contribution is -0.118. The molecule has 1 aliphatic rings. The van der Waals surface area contributed by atoms with Gasteiger partial charge in [-0.3, -0.25) is 15.0 Å². The quantitative estimate of drug-likeness (QED) is 0.691. The van der Waals surface area contributed by atoms with Crippen LogP contribution in [0.4, 0.5) is 5.69 Å². The number of carbonyl (C=O) groups excluding carboxylic acids is 1. The van der Waals surface area contributed by atoms with E-state index in [2.05, 4.69) is 5.32 Å². The number of para-hydroxylation sites is 1. The molecule has 1 unspecified atom stereocenters. The van der Waals surface area contributed by atoms with Crippen LogP contribution < -0.4 is 10.2 Å². The topological polar surface area (TPSA) is 32.3 Å². The van der Waals surface area contributed by atoms with E-state index in [9.17, 15) is 4.79 Å². The molecule has 1 atom stereocenters. The second-order valence-corrected chi connectivity index (χ2v) is 3.19. The van der Waals surface area contributed by atoms with Gasteiger partial charge in [-0.05, 0) is 19.1 Å². The molecular formula is C10H12N2O. The molecule has 0 aliphatic carbocycles. The molecule has 68 valence electrons. The van der Waals surface area contributed by atoms with Crippen molar-refractivity contribution in [3.05, 3.63) is 30.3 Å². The summed E-state index contributed by atoms with van der Waals surface area (Å²) in [6.07, 6.45) is 0. The van der Waals surface area contributed by atoms with E-state index in [0.29, 0.717) is 6.67 Å². The molecule has 0 spiro atoms. The van der Waals surface area contributed by atoms with Crippen LogP contribution in [0.3, 0.4) is 0 Å². The molecule has 0 saturated carbocycles. The van der Waals surface area contributed by atoms with Crippen LogP contribution in [0.15, 0.2) is 30.3 Å². The monoisotopic (exact) mass is 176 g/mol. The van der Waals surface area contributed by atoms with Crippen molar-refractivity contribution in [2.45, 2.75) is 13.0 Å². The molecule has 3 nitrogen and oxygen atoms in total. The summed E-state index contributed by atoms with van der Waals surface area (Å²) in [5, 5.41) is 3.09. The highest BCUT2D eigenvalue weighted by molar-refractivity contribution is 5.98. The summed E-state index contributed by atoms with van der Waals surface area (Å²) in [6, 6.07) is 9.65. The average Bonchev–Trinajstić information content (AvgIpc) is 2.49. The lowest BCUT2D eigenvalue weighted by Crippen LogP contribution is -2.28. The number of nitrogens with one attached hydrogen (secondary N) is 1. The number of anilines is 1. The Morgan fingerprint density at radius 2 is 2.08 bits per heavy atom. The maximum Gasteiger partial charge on any atom is 0.244 e. The Kier molecular flexibility index (Phi) is 2.02. The maximum absolute atomic E-state index is 11.6. The van der Waals surface area contributed by atoms with E-state index in [0.717, 1.165) is 5.69 Å². The van der Waals surface area contributed by atoms with Crippen molar-refractivity contribution in [3.63, 3.8) is 0 Å². The fourth-order valence-corrected chi connectivity index (χ4v) is 1.45. The molecule has 13 heavy (non-hydrogen) atoms. The first-order valence-electron chi connectivity index (χ1n) is 4.39. The summed E-state index contributed by atoms with van der Waals surface area (Å²) >= 11 is 0. The van der Waals surface area contributed by atoms with Crippen LogP contribution >= 0.6 is 0 Å². The van der Waals surface area contributed by atoms with Gasteiger partial charge in [0.25, 0.3) is 0 Å². The van der Waals surface area contributed by atoms with Crippen LogP contribution in [0, 0.1) is 0 Å². The third-order valence-corrected chi connectivity index (χ3v) is 2.26. The summed E-state index contributed by atoms with van der Waals surface area (Å²) in [5.41, 5.74) is 0.962. The van der Waals surface area contributed by atoms with Gasteiger partial charge in [-0.15, -0.1) is 0 Å². The second kappa shape index (κ2) is 3.18. The summed E-state index contributed by atoms with van der Waals surface area (Å²) in [7, 11) is 0. The van der Waals surface area contributed by atoms with E-state index in [1.807, 2.05) is 37.3 Å². The van der Waals surface area contributed by atoms with Crippen molar-refractivity contribution in [2.24, 2.45) is 0 Å². The molecule has 0 radical (unpaired) electrons. The third-order valence-electron chi connectivity index (χ3n) is 2.26. The lowest BCUT2D eigenvalue weighted by atomic mass is 10.3. The van der Waals surface area contributed by atoms with Gasteiger partial charge in [-0.25, -0.2) is 0 Å². The molecule has 1 saturated heterocycles. The van der Waals surface area contributed by atoms with Gasteiger partial charge in [-0.1, -0.05) is 18.2 Å². The Labute approximate surface area is 77.4 Å². The minimum absolute atomic E-state index is 0.0554. The molecule has 2 rings (SSSR count). The van der Waals surface area contributed by atoms with Gasteiger partial charge < -0.3 is 0 Å². The van der Waals surface area contributed by atoms with Crippen LogP contribution in [-0.2, 0) is 4.79 Å². The first-order valence-corrected chi connectivity index (χ1v) is 4.39. The van der Waals surface area contributed by atoms with Crippen molar-refractivity contribution in [3.8, 4) is 0 Å². The van der Waals surface area contributed by atoms with Crippen LogP contribution in [0.2, 0.25) is 0 Å². The fraction of sp³-hybridized carbons (Fsp3) is 0.300. The molecule has 1 heterocycles. The number of rotatable bonds is 1. The smallest absolute Gasteiger partial charge is 0.244 e. The summed E-state index contributed by atoms with van der Waals surface area (Å²) in [4.78, 5) is 13.3. The minimum Gasteiger partial charge on any atom is -0.298 e. The Morgan fingerprint density at radius 3 is 2.62 bits per heavy atom. The van der Waals surface area contributed by atoms with E-state index in [-0.39, 0.29) is 11.9 Å². The van der Waals surface area contributed by atoms with Gasteiger partial charge in [0.05, 0.1) is 12.7 Å². The van der Waals surface area contributed by atoms with Crippen molar-refractivity contribution in [1.29, 1.82) is 0 Å². The van der Waals surface area contributed by atoms with Gasteiger partial charge in [0, 0.05) is 5.69 Å². The van der Waals surface area contributed by atoms with Crippen molar-refractivity contribution in [1.82, 2.24) is 5.32 Å². The SMILES string of the molecule is CC1NCN(c2ccccc2)C1=O. The number of nitrogens with zero attached hydrogens (tertiary/aromatic N) is 1. The normalized spacial score (nSPS) is 22.4. The number of hydrogen-bond donors (Lipinski definition) is 1. The molecule has 1 aromatic rings. The highest BCUT2D eigenvalue weighted by Crippen LogP contribution is 2.16. The highest BCUT2D eigenvalue weighted by Gasteiger charge is 2.27. The van der Waals surface area contributed by atoms with Crippen LogP contribution in [-0.4, -0.2) is 18.6 Å². The van der Waals surface area contributed by atoms with Crippen molar-refractivity contribution < 1.29 is 4.79 Å². The molecular weight excluding hydrogens is 164 g/mol. The van der Waals surface area contributed by atoms with Crippen LogP contribution in [0.5, 0.6) is 0 Å². The number of hydrogen-bond acceptors (Lipinski definition) is 2. The van der Waals surface area contributed by atoms with E-state index >= 15 is 0 Å². The van der Waals surface area contributed by atoms with Gasteiger partial charge in [0.1, 0.15) is 0 Å². The van der Waals surface area contributed by atoms with E-state index < -0.39 is 0 Å². The molecule has 1 N–H and O–H groups in total. The molecule has 1 aromatic carbocycles. The number of carbonyl (C=O) groups is 1. The Morgan fingerprint density at radius 1 is 1.38 bits per heavy atom. The van der Waals surface area contributed by atoms with E-state index in [1.54, 1.807) is 4.90 Å². The summed E-state index contributed by atoms with van der Waals surface area (Å²) < 4.78 is 0. The minimum atomic E-state index is -0.0554. The molecule has 3 heteroatoms. The Hall–Kier alpha value is -1.35. The average molecular weight is 176 g/mol. The first kappa shape index (κ1) is 8.26. The zero-order valence-electron chi connectivity index (χ0n) is 7.53. The zero-order valence-corrected chi connectivity index (χ0v) is 7.53.